The highest BCUT2D eigenvalue weighted by Gasteiger charge is 2.37. The lowest BCUT2D eigenvalue weighted by Gasteiger charge is -2.28. The predicted molar refractivity (Wildman–Crippen MR) is 68.9 cm³/mol. The van der Waals surface area contributed by atoms with Gasteiger partial charge in [-0.2, -0.15) is 0 Å². The van der Waals surface area contributed by atoms with Gasteiger partial charge in [-0.15, -0.1) is 11.3 Å². The second-order valence-electron chi connectivity index (χ2n) is 5.23. The van der Waals surface area contributed by atoms with Gasteiger partial charge < -0.3 is 0 Å². The van der Waals surface area contributed by atoms with Gasteiger partial charge >= 0.3 is 0 Å². The number of carbonyl (C=O) groups excluding carboxylic acids is 1. The summed E-state index contributed by atoms with van der Waals surface area (Å²) < 4.78 is 23.8. The molecule has 0 N–H and O–H groups in total. The van der Waals surface area contributed by atoms with E-state index in [0.29, 0.717) is 28.3 Å². The molecule has 0 unspecified atom stereocenters. The molecule has 0 spiro atoms. The van der Waals surface area contributed by atoms with Crippen LogP contribution >= 0.6 is 22.9 Å². The van der Waals surface area contributed by atoms with Crippen LogP contribution in [0.15, 0.2) is 4.21 Å². The third-order valence-corrected chi connectivity index (χ3v) is 6.15. The Morgan fingerprint density at radius 1 is 1.29 bits per heavy atom. The zero-order valence-corrected chi connectivity index (χ0v) is 12.2. The van der Waals surface area contributed by atoms with Crippen molar-refractivity contribution in [2.24, 2.45) is 5.41 Å². The van der Waals surface area contributed by atoms with E-state index in [0.717, 1.165) is 17.6 Å². The lowest BCUT2D eigenvalue weighted by Crippen LogP contribution is -2.27. The highest BCUT2D eigenvalue weighted by molar-refractivity contribution is 7.92. The van der Waals surface area contributed by atoms with Gasteiger partial charge in [0.25, 0.3) is 0 Å². The van der Waals surface area contributed by atoms with Gasteiger partial charge in [0.1, 0.15) is 4.21 Å². The molecule has 0 amide bonds. The van der Waals surface area contributed by atoms with E-state index in [9.17, 15) is 13.2 Å². The van der Waals surface area contributed by atoms with E-state index in [1.54, 1.807) is 0 Å². The fourth-order valence-electron chi connectivity index (χ4n) is 2.18. The summed E-state index contributed by atoms with van der Waals surface area (Å²) >= 11 is 7.06. The summed E-state index contributed by atoms with van der Waals surface area (Å²) in [7, 11) is -3.38. The number of thiophene rings is 1. The van der Waals surface area contributed by atoms with Crippen molar-refractivity contribution in [3.05, 3.63) is 15.5 Å². The number of ketones is 1. The Morgan fingerprint density at radius 2 is 1.88 bits per heavy atom. The lowest BCUT2D eigenvalue weighted by molar-refractivity contribution is 0.0910. The molecule has 1 aliphatic carbocycles. The number of rotatable bonds is 1. The first-order chi connectivity index (χ1) is 7.62. The Labute approximate surface area is 110 Å². The van der Waals surface area contributed by atoms with E-state index in [4.69, 9.17) is 11.6 Å². The van der Waals surface area contributed by atoms with E-state index in [1.807, 2.05) is 13.8 Å². The van der Waals surface area contributed by atoms with Crippen molar-refractivity contribution in [2.75, 3.05) is 6.26 Å². The van der Waals surface area contributed by atoms with Gasteiger partial charge in [0.05, 0.1) is 9.90 Å². The first-order valence-electron chi connectivity index (χ1n) is 5.16. The first-order valence-corrected chi connectivity index (χ1v) is 8.25. The van der Waals surface area contributed by atoms with Gasteiger partial charge in [-0.1, -0.05) is 25.4 Å². The smallest absolute Gasteiger partial charge is 0.185 e. The molecule has 0 aliphatic heterocycles. The minimum atomic E-state index is -3.38. The first kappa shape index (κ1) is 13.1. The van der Waals surface area contributed by atoms with Crippen LogP contribution in [-0.2, 0) is 16.3 Å². The Morgan fingerprint density at radius 3 is 2.41 bits per heavy atom. The largest absolute Gasteiger partial charge is 0.294 e. The summed E-state index contributed by atoms with van der Waals surface area (Å²) in [5.41, 5.74) is 0.893. The van der Waals surface area contributed by atoms with E-state index in [-0.39, 0.29) is 15.4 Å². The molecule has 1 heterocycles. The van der Waals surface area contributed by atoms with Crippen LogP contribution in [0.2, 0.25) is 4.34 Å². The molecule has 2 rings (SSSR count). The van der Waals surface area contributed by atoms with Gasteiger partial charge in [-0.3, -0.25) is 4.79 Å². The van der Waals surface area contributed by atoms with E-state index in [2.05, 4.69) is 0 Å². The van der Waals surface area contributed by atoms with Crippen molar-refractivity contribution in [1.82, 2.24) is 0 Å². The summed E-state index contributed by atoms with van der Waals surface area (Å²) in [5.74, 6) is -0.111. The number of fused-ring (bicyclic) bond motifs is 1. The molecule has 0 fully saturated rings. The topological polar surface area (TPSA) is 51.2 Å². The standard InChI is InChI=1S/C11H13ClO3S2/c1-11(2)4-6-8(7(13)5-11)10(16-9(6)12)17(3,14)15/h4-5H2,1-3H3. The quantitative estimate of drug-likeness (QED) is 0.799. The van der Waals surface area contributed by atoms with Gasteiger partial charge in [0, 0.05) is 12.7 Å². The van der Waals surface area contributed by atoms with Crippen LogP contribution in [-0.4, -0.2) is 20.5 Å². The number of sulfone groups is 1. The zero-order valence-electron chi connectivity index (χ0n) is 9.83. The molecule has 1 aromatic heterocycles. The molecule has 0 saturated carbocycles. The minimum absolute atomic E-state index is 0.111. The average molecular weight is 293 g/mol. The predicted octanol–water partition coefficient (Wildman–Crippen LogP) is 2.96. The fourth-order valence-corrected chi connectivity index (χ4v) is 4.97. The molecule has 94 valence electrons. The summed E-state index contributed by atoms with van der Waals surface area (Å²) in [4.78, 5) is 12.1. The maximum Gasteiger partial charge on any atom is 0.185 e. The zero-order chi connectivity index (χ0) is 13.0. The number of hydrogen-bond acceptors (Lipinski definition) is 4. The molecule has 0 atom stereocenters. The molecule has 1 aliphatic rings. The molecule has 0 aromatic carbocycles. The SMILES string of the molecule is CC1(C)CC(=O)c2c(S(C)(=O)=O)sc(Cl)c2C1. The monoisotopic (exact) mass is 292 g/mol. The number of Topliss-reactive ketones (excluding diaryl/α,β-unsaturated/α-hetero) is 1. The molecule has 0 radical (unpaired) electrons. The second kappa shape index (κ2) is 3.80. The van der Waals surface area contributed by atoms with Crippen LogP contribution in [0, 0.1) is 5.41 Å². The highest BCUT2D eigenvalue weighted by Crippen LogP contribution is 2.45. The van der Waals surface area contributed by atoms with Crippen molar-refractivity contribution >= 4 is 38.6 Å². The number of carbonyl (C=O) groups is 1. The van der Waals surface area contributed by atoms with Crippen LogP contribution in [0.25, 0.3) is 0 Å². The third-order valence-electron chi connectivity index (χ3n) is 2.84. The van der Waals surface area contributed by atoms with Crippen LogP contribution in [0.4, 0.5) is 0 Å². The number of hydrogen-bond donors (Lipinski definition) is 0. The highest BCUT2D eigenvalue weighted by atomic mass is 35.5. The molecule has 0 bridgehead atoms. The fraction of sp³-hybridized carbons (Fsp3) is 0.545. The maximum atomic E-state index is 12.1. The molecular weight excluding hydrogens is 280 g/mol. The van der Waals surface area contributed by atoms with Crippen LogP contribution < -0.4 is 0 Å². The van der Waals surface area contributed by atoms with Crippen LogP contribution in [0.1, 0.15) is 36.2 Å². The molecule has 3 nitrogen and oxygen atoms in total. The van der Waals surface area contributed by atoms with E-state index < -0.39 is 9.84 Å². The van der Waals surface area contributed by atoms with Crippen molar-refractivity contribution in [1.29, 1.82) is 0 Å². The van der Waals surface area contributed by atoms with Gasteiger partial charge in [-0.25, -0.2) is 8.42 Å². The van der Waals surface area contributed by atoms with Gasteiger partial charge in [0.15, 0.2) is 15.6 Å². The molecular formula is C11H13ClO3S2. The van der Waals surface area contributed by atoms with Crippen LogP contribution in [0.5, 0.6) is 0 Å². The Balaban J connectivity index is 2.71. The van der Waals surface area contributed by atoms with Crippen molar-refractivity contribution in [3.8, 4) is 0 Å². The summed E-state index contributed by atoms with van der Waals surface area (Å²) in [6.45, 7) is 3.98. The Bertz CT molecular complexity index is 596. The molecule has 17 heavy (non-hydrogen) atoms. The van der Waals surface area contributed by atoms with E-state index >= 15 is 0 Å². The normalized spacial score (nSPS) is 19.2. The van der Waals surface area contributed by atoms with Crippen LogP contribution in [0.3, 0.4) is 0 Å². The molecule has 1 aromatic rings. The Kier molecular flexibility index (Phi) is 2.92. The number of halogens is 1. The average Bonchev–Trinajstić information content (AvgIpc) is 2.41. The second-order valence-corrected chi connectivity index (χ2v) is 9.06. The lowest BCUT2D eigenvalue weighted by atomic mass is 9.75. The van der Waals surface area contributed by atoms with Gasteiger partial charge in [-0.05, 0) is 17.4 Å². The Hall–Kier alpha value is -0.390. The molecule has 0 saturated heterocycles. The third kappa shape index (κ3) is 2.28. The van der Waals surface area contributed by atoms with E-state index in [1.165, 1.54) is 0 Å². The minimum Gasteiger partial charge on any atom is -0.294 e. The van der Waals surface area contributed by atoms with Gasteiger partial charge in [0.2, 0.25) is 0 Å². The summed E-state index contributed by atoms with van der Waals surface area (Å²) in [6, 6.07) is 0. The van der Waals surface area contributed by atoms with Crippen molar-refractivity contribution < 1.29 is 13.2 Å². The van der Waals surface area contributed by atoms with Crippen molar-refractivity contribution in [3.63, 3.8) is 0 Å². The summed E-state index contributed by atoms with van der Waals surface area (Å²) in [6.07, 6.45) is 2.14. The van der Waals surface area contributed by atoms with Crippen molar-refractivity contribution in [2.45, 2.75) is 30.9 Å². The molecule has 6 heteroatoms. The maximum absolute atomic E-state index is 12.1. The summed E-state index contributed by atoms with van der Waals surface area (Å²) in [5, 5.41) is 0.